The zero-order chi connectivity index (χ0) is 11.2. The Hall–Kier alpha value is -0.680. The second-order valence-corrected chi connectivity index (χ2v) is 4.97. The van der Waals surface area contributed by atoms with Crippen molar-refractivity contribution in [2.24, 2.45) is 0 Å². The molecule has 0 radical (unpaired) electrons. The predicted octanol–water partition coefficient (Wildman–Crippen LogP) is 3.06. The molecule has 0 aliphatic heterocycles. The zero-order valence-corrected chi connectivity index (χ0v) is 11.4. The molecule has 2 heterocycles. The monoisotopic (exact) mass is 330 g/mol. The van der Waals surface area contributed by atoms with Crippen LogP contribution >= 0.6 is 31.9 Å². The number of aryl methyl sites for hydroxylation is 2. The highest BCUT2D eigenvalue weighted by atomic mass is 79.9. The first kappa shape index (κ1) is 10.8. The van der Waals surface area contributed by atoms with Crippen molar-refractivity contribution in [2.75, 3.05) is 0 Å². The molecule has 2 aromatic rings. The van der Waals surface area contributed by atoms with Crippen LogP contribution < -0.4 is 5.43 Å². The molecule has 0 aromatic carbocycles. The van der Waals surface area contributed by atoms with Crippen LogP contribution in [0.3, 0.4) is 0 Å². The highest BCUT2D eigenvalue weighted by Crippen LogP contribution is 2.24. The fourth-order valence-electron chi connectivity index (χ4n) is 1.53. The summed E-state index contributed by atoms with van der Waals surface area (Å²) in [6.45, 7) is 3.81. The highest BCUT2D eigenvalue weighted by Gasteiger charge is 2.11. The number of hydrogen-bond donors (Lipinski definition) is 1. The summed E-state index contributed by atoms with van der Waals surface area (Å²) in [6, 6.07) is 0. The van der Waals surface area contributed by atoms with Crippen molar-refractivity contribution in [3.63, 3.8) is 0 Å². The molecule has 78 valence electrons. The van der Waals surface area contributed by atoms with Crippen molar-refractivity contribution in [3.8, 4) is 0 Å². The lowest BCUT2D eigenvalue weighted by atomic mass is 10.1. The molecule has 1 N–H and O–H groups in total. The number of H-pyrrole nitrogens is 1. The third-order valence-electron chi connectivity index (χ3n) is 2.32. The minimum Gasteiger partial charge on any atom is -0.345 e. The van der Waals surface area contributed by atoms with Gasteiger partial charge >= 0.3 is 0 Å². The molecule has 0 saturated carbocycles. The number of aromatic nitrogens is 2. The van der Waals surface area contributed by atoms with E-state index in [4.69, 9.17) is 0 Å². The van der Waals surface area contributed by atoms with Gasteiger partial charge in [0.05, 0.1) is 15.6 Å². The summed E-state index contributed by atoms with van der Waals surface area (Å²) in [5.41, 5.74) is 2.38. The van der Waals surface area contributed by atoms with Crippen molar-refractivity contribution in [3.05, 3.63) is 36.6 Å². The normalized spacial score (nSPS) is 10.9. The van der Waals surface area contributed by atoms with E-state index in [-0.39, 0.29) is 5.43 Å². The summed E-state index contributed by atoms with van der Waals surface area (Å²) in [5.74, 6) is 0. The molecule has 0 unspecified atom stereocenters. The molecule has 0 aliphatic rings. The molecule has 5 heteroatoms. The average Bonchev–Trinajstić information content (AvgIpc) is 2.20. The molecule has 0 aliphatic carbocycles. The smallest absolute Gasteiger partial charge is 0.205 e. The van der Waals surface area contributed by atoms with Gasteiger partial charge < -0.3 is 4.98 Å². The van der Waals surface area contributed by atoms with Crippen molar-refractivity contribution in [2.45, 2.75) is 13.8 Å². The minimum absolute atomic E-state index is 0.0329. The van der Waals surface area contributed by atoms with Crippen LogP contribution in [0.2, 0.25) is 0 Å². The number of nitrogens with one attached hydrogen (secondary N) is 1. The van der Waals surface area contributed by atoms with E-state index in [1.54, 1.807) is 6.20 Å². The lowest BCUT2D eigenvalue weighted by Gasteiger charge is -2.06. The topological polar surface area (TPSA) is 45.8 Å². The minimum atomic E-state index is -0.0329. The third-order valence-corrected chi connectivity index (χ3v) is 4.08. The van der Waals surface area contributed by atoms with Crippen LogP contribution in [0.5, 0.6) is 0 Å². The van der Waals surface area contributed by atoms with E-state index in [2.05, 4.69) is 41.8 Å². The Morgan fingerprint density at radius 3 is 2.67 bits per heavy atom. The summed E-state index contributed by atoms with van der Waals surface area (Å²) in [6.07, 6.45) is 1.62. The van der Waals surface area contributed by atoms with Gasteiger partial charge in [0.15, 0.2) is 0 Å². The van der Waals surface area contributed by atoms with Gasteiger partial charge in [-0.3, -0.25) is 4.79 Å². The van der Waals surface area contributed by atoms with Crippen molar-refractivity contribution >= 4 is 42.9 Å². The summed E-state index contributed by atoms with van der Waals surface area (Å²) >= 11 is 6.64. The third kappa shape index (κ3) is 1.63. The average molecular weight is 332 g/mol. The van der Waals surface area contributed by atoms with Crippen LogP contribution in [-0.4, -0.2) is 9.97 Å². The van der Waals surface area contributed by atoms with Gasteiger partial charge in [-0.15, -0.1) is 0 Å². The highest BCUT2D eigenvalue weighted by molar-refractivity contribution is 9.10. The molecule has 0 spiro atoms. The van der Waals surface area contributed by atoms with Crippen LogP contribution in [-0.2, 0) is 0 Å². The second kappa shape index (κ2) is 3.72. The number of hydrogen-bond acceptors (Lipinski definition) is 2. The van der Waals surface area contributed by atoms with Crippen LogP contribution in [0.15, 0.2) is 19.9 Å². The van der Waals surface area contributed by atoms with Gasteiger partial charge in [0.1, 0.15) is 5.65 Å². The molecule has 3 nitrogen and oxygen atoms in total. The SMILES string of the molecule is Cc1nc2[nH]cc(Br)c(=O)c2c(C)c1Br. The molecule has 2 rings (SSSR count). The second-order valence-electron chi connectivity index (χ2n) is 3.33. The van der Waals surface area contributed by atoms with E-state index in [0.29, 0.717) is 15.5 Å². The number of nitrogens with zero attached hydrogens (tertiary/aromatic N) is 1. The molecular weight excluding hydrogens is 324 g/mol. The van der Waals surface area contributed by atoms with E-state index in [9.17, 15) is 4.79 Å². The predicted molar refractivity (Wildman–Crippen MR) is 67.2 cm³/mol. The molecule has 0 amide bonds. The Morgan fingerprint density at radius 1 is 1.33 bits per heavy atom. The summed E-state index contributed by atoms with van der Waals surface area (Å²) in [4.78, 5) is 19.2. The van der Waals surface area contributed by atoms with E-state index in [1.807, 2.05) is 13.8 Å². The maximum Gasteiger partial charge on any atom is 0.205 e. The van der Waals surface area contributed by atoms with E-state index in [0.717, 1.165) is 15.7 Å². The summed E-state index contributed by atoms with van der Waals surface area (Å²) in [7, 11) is 0. The van der Waals surface area contributed by atoms with Gasteiger partial charge in [-0.2, -0.15) is 0 Å². The van der Waals surface area contributed by atoms with Gasteiger partial charge in [0, 0.05) is 10.7 Å². The first-order valence-corrected chi connectivity index (χ1v) is 5.94. The quantitative estimate of drug-likeness (QED) is 0.806. The molecular formula is C10H8Br2N2O. The summed E-state index contributed by atoms with van der Waals surface area (Å²) < 4.78 is 1.41. The number of pyridine rings is 2. The van der Waals surface area contributed by atoms with E-state index in [1.165, 1.54) is 0 Å². The van der Waals surface area contributed by atoms with Gasteiger partial charge in [-0.25, -0.2) is 4.98 Å². The summed E-state index contributed by atoms with van der Waals surface area (Å²) in [5, 5.41) is 0.627. The fourth-order valence-corrected chi connectivity index (χ4v) is 2.13. The number of halogens is 2. The molecule has 0 saturated heterocycles. The Labute approximate surface area is 103 Å². The van der Waals surface area contributed by atoms with Crippen LogP contribution in [0, 0.1) is 13.8 Å². The first-order valence-electron chi connectivity index (χ1n) is 4.36. The van der Waals surface area contributed by atoms with Crippen LogP contribution in [0.1, 0.15) is 11.3 Å². The Morgan fingerprint density at radius 2 is 2.00 bits per heavy atom. The van der Waals surface area contributed by atoms with Crippen molar-refractivity contribution in [1.29, 1.82) is 0 Å². The van der Waals surface area contributed by atoms with E-state index < -0.39 is 0 Å². The number of fused-ring (bicyclic) bond motifs is 1. The molecule has 0 bridgehead atoms. The van der Waals surface area contributed by atoms with Crippen LogP contribution in [0.25, 0.3) is 11.0 Å². The Bertz CT molecular complexity index is 604. The Balaban J connectivity index is 3.07. The van der Waals surface area contributed by atoms with Crippen LogP contribution in [0.4, 0.5) is 0 Å². The van der Waals surface area contributed by atoms with Gasteiger partial charge in [-0.1, -0.05) is 0 Å². The van der Waals surface area contributed by atoms with E-state index >= 15 is 0 Å². The number of rotatable bonds is 0. The van der Waals surface area contributed by atoms with Crippen molar-refractivity contribution in [1.82, 2.24) is 9.97 Å². The van der Waals surface area contributed by atoms with Crippen molar-refractivity contribution < 1.29 is 0 Å². The molecule has 15 heavy (non-hydrogen) atoms. The maximum absolute atomic E-state index is 11.9. The molecule has 2 aromatic heterocycles. The largest absolute Gasteiger partial charge is 0.345 e. The molecule has 0 atom stereocenters. The lowest BCUT2D eigenvalue weighted by Crippen LogP contribution is -2.07. The lowest BCUT2D eigenvalue weighted by molar-refractivity contribution is 1.16. The van der Waals surface area contributed by atoms with Gasteiger partial charge in [0.25, 0.3) is 0 Å². The standard InChI is InChI=1S/C10H8Br2N2O/c1-4-7-9(15)6(11)3-13-10(7)14-5(2)8(4)12/h3H,1-2H3,(H,13,14,15). The fraction of sp³-hybridized carbons (Fsp3) is 0.200. The van der Waals surface area contributed by atoms with Gasteiger partial charge in [-0.05, 0) is 51.3 Å². The van der Waals surface area contributed by atoms with Gasteiger partial charge in [0.2, 0.25) is 5.43 Å². The first-order chi connectivity index (χ1) is 7.02. The Kier molecular flexibility index (Phi) is 2.68. The molecule has 0 fully saturated rings. The zero-order valence-electron chi connectivity index (χ0n) is 8.19. The maximum atomic E-state index is 11.9. The number of aromatic amines is 1.